The lowest BCUT2D eigenvalue weighted by molar-refractivity contribution is -0.244. The molecule has 2 rings (SSSR count). The monoisotopic (exact) mass is 348 g/mol. The lowest BCUT2D eigenvalue weighted by Crippen LogP contribution is -2.35. The van der Waals surface area contributed by atoms with Crippen molar-refractivity contribution in [3.63, 3.8) is 0 Å². The Labute approximate surface area is 149 Å². The van der Waals surface area contributed by atoms with Crippen molar-refractivity contribution in [3.05, 3.63) is 42.0 Å². The molecule has 2 N–H and O–H groups in total. The molecule has 3 unspecified atom stereocenters. The fourth-order valence-electron chi connectivity index (χ4n) is 2.98. The van der Waals surface area contributed by atoms with Gasteiger partial charge in [0.05, 0.1) is 12.7 Å². The minimum atomic E-state index is -0.794. The van der Waals surface area contributed by atoms with Gasteiger partial charge in [0.25, 0.3) is 0 Å². The van der Waals surface area contributed by atoms with Crippen molar-refractivity contribution in [2.45, 2.75) is 51.9 Å². The van der Waals surface area contributed by atoms with Gasteiger partial charge in [-0.2, -0.15) is 0 Å². The topological polar surface area (TPSA) is 76.0 Å². The highest BCUT2D eigenvalue weighted by atomic mass is 16.7. The number of carboxylic acids is 1. The fraction of sp³-hybridized carbons (Fsp3) is 0.550. The van der Waals surface area contributed by atoms with Crippen LogP contribution in [0.25, 0.3) is 0 Å². The van der Waals surface area contributed by atoms with Crippen LogP contribution < -0.4 is 0 Å². The van der Waals surface area contributed by atoms with Crippen molar-refractivity contribution in [1.29, 1.82) is 0 Å². The molecule has 0 amide bonds. The van der Waals surface area contributed by atoms with Crippen LogP contribution in [-0.2, 0) is 14.3 Å². The van der Waals surface area contributed by atoms with Crippen molar-refractivity contribution in [1.82, 2.24) is 0 Å². The Hall–Kier alpha value is -1.85. The minimum Gasteiger partial charge on any atom is -0.508 e. The van der Waals surface area contributed by atoms with Crippen molar-refractivity contribution in [2.75, 3.05) is 6.61 Å². The van der Waals surface area contributed by atoms with Crippen molar-refractivity contribution in [3.8, 4) is 5.75 Å². The summed E-state index contributed by atoms with van der Waals surface area (Å²) in [5, 5.41) is 18.9. The van der Waals surface area contributed by atoms with Crippen LogP contribution in [0.1, 0.15) is 51.2 Å². The van der Waals surface area contributed by atoms with E-state index in [1.165, 1.54) is 0 Å². The number of para-hydroxylation sites is 1. The Kier molecular flexibility index (Phi) is 7.47. The summed E-state index contributed by atoms with van der Waals surface area (Å²) < 4.78 is 12.0. The van der Waals surface area contributed by atoms with Crippen LogP contribution in [0.5, 0.6) is 5.75 Å². The van der Waals surface area contributed by atoms with E-state index in [9.17, 15) is 9.90 Å². The zero-order valence-electron chi connectivity index (χ0n) is 14.9. The molecule has 138 valence electrons. The Bertz CT molecular complexity index is 581. The third kappa shape index (κ3) is 6.18. The predicted octanol–water partition coefficient (Wildman–Crippen LogP) is 4.28. The van der Waals surface area contributed by atoms with Gasteiger partial charge in [-0.05, 0) is 24.8 Å². The van der Waals surface area contributed by atoms with Gasteiger partial charge >= 0.3 is 5.97 Å². The summed E-state index contributed by atoms with van der Waals surface area (Å²) in [6.07, 6.45) is 5.54. The number of rotatable bonds is 8. The number of hydrogen-bond donors (Lipinski definition) is 2. The predicted molar refractivity (Wildman–Crippen MR) is 95.2 cm³/mol. The molecule has 25 heavy (non-hydrogen) atoms. The molecule has 0 saturated carbocycles. The number of carbonyl (C=O) groups is 1. The minimum absolute atomic E-state index is 0.0813. The maximum absolute atomic E-state index is 10.6. The number of aliphatic carboxylic acids is 1. The highest BCUT2D eigenvalue weighted by Crippen LogP contribution is 2.39. The molecule has 0 aliphatic carbocycles. The van der Waals surface area contributed by atoms with Gasteiger partial charge in [0, 0.05) is 24.3 Å². The first-order chi connectivity index (χ1) is 12.0. The van der Waals surface area contributed by atoms with E-state index in [1.807, 2.05) is 24.3 Å². The Morgan fingerprint density at radius 2 is 2.08 bits per heavy atom. The second-order valence-corrected chi connectivity index (χ2v) is 6.91. The van der Waals surface area contributed by atoms with Crippen LogP contribution in [0.3, 0.4) is 0 Å². The SMILES string of the molecule is CC(C)CC1OCC(C/C=C\CCC(=O)O)C(c2ccccc2O)O1. The molecule has 0 bridgehead atoms. The van der Waals surface area contributed by atoms with Crippen LogP contribution in [0.2, 0.25) is 0 Å². The van der Waals surface area contributed by atoms with Gasteiger partial charge in [-0.15, -0.1) is 0 Å². The first-order valence-corrected chi connectivity index (χ1v) is 8.89. The molecule has 1 aliphatic rings. The van der Waals surface area contributed by atoms with E-state index in [2.05, 4.69) is 13.8 Å². The molecule has 5 nitrogen and oxygen atoms in total. The average Bonchev–Trinajstić information content (AvgIpc) is 2.55. The van der Waals surface area contributed by atoms with Gasteiger partial charge in [0.15, 0.2) is 6.29 Å². The summed E-state index contributed by atoms with van der Waals surface area (Å²) in [5.74, 6) is -0.0181. The summed E-state index contributed by atoms with van der Waals surface area (Å²) in [6.45, 7) is 4.80. The summed E-state index contributed by atoms with van der Waals surface area (Å²) in [7, 11) is 0. The van der Waals surface area contributed by atoms with Crippen LogP contribution in [0.4, 0.5) is 0 Å². The summed E-state index contributed by atoms with van der Waals surface area (Å²) in [4.78, 5) is 10.6. The maximum Gasteiger partial charge on any atom is 0.303 e. The molecule has 1 aromatic rings. The fourth-order valence-corrected chi connectivity index (χ4v) is 2.98. The van der Waals surface area contributed by atoms with E-state index in [0.29, 0.717) is 25.4 Å². The van der Waals surface area contributed by atoms with Crippen molar-refractivity contribution < 1.29 is 24.5 Å². The molecule has 0 spiro atoms. The number of aromatic hydroxyl groups is 1. The lowest BCUT2D eigenvalue weighted by atomic mass is 9.91. The highest BCUT2D eigenvalue weighted by Gasteiger charge is 2.34. The zero-order valence-corrected chi connectivity index (χ0v) is 14.9. The Morgan fingerprint density at radius 3 is 2.76 bits per heavy atom. The van der Waals surface area contributed by atoms with Gasteiger partial charge in [-0.3, -0.25) is 4.79 Å². The number of benzene rings is 1. The van der Waals surface area contributed by atoms with E-state index in [0.717, 1.165) is 12.0 Å². The molecule has 0 aromatic heterocycles. The largest absolute Gasteiger partial charge is 0.508 e. The number of hydrogen-bond acceptors (Lipinski definition) is 4. The summed E-state index contributed by atoms with van der Waals surface area (Å²) in [5.41, 5.74) is 0.781. The standard InChI is InChI=1S/C20H28O5/c1-14(2)12-19-24-13-15(8-4-3-5-11-18(22)23)20(25-19)16-9-6-7-10-17(16)21/h3-4,6-7,9-10,14-15,19-21H,5,8,11-13H2,1-2H3,(H,22,23)/b4-3-. The number of ether oxygens (including phenoxy) is 2. The third-order valence-corrected chi connectivity index (χ3v) is 4.26. The highest BCUT2D eigenvalue weighted by molar-refractivity contribution is 5.66. The van der Waals surface area contributed by atoms with Crippen molar-refractivity contribution in [2.24, 2.45) is 11.8 Å². The average molecular weight is 348 g/mol. The molecular weight excluding hydrogens is 320 g/mol. The molecule has 1 aromatic carbocycles. The van der Waals surface area contributed by atoms with Gasteiger partial charge in [-0.1, -0.05) is 44.2 Å². The molecule has 0 radical (unpaired) electrons. The smallest absolute Gasteiger partial charge is 0.303 e. The molecule has 1 heterocycles. The van der Waals surface area contributed by atoms with Crippen LogP contribution in [0, 0.1) is 11.8 Å². The Morgan fingerprint density at radius 1 is 1.32 bits per heavy atom. The van der Waals surface area contributed by atoms with Gasteiger partial charge in [0.1, 0.15) is 5.75 Å². The summed E-state index contributed by atoms with van der Waals surface area (Å²) in [6, 6.07) is 7.25. The first-order valence-electron chi connectivity index (χ1n) is 8.89. The van der Waals surface area contributed by atoms with Gasteiger partial charge in [-0.25, -0.2) is 0 Å². The molecule has 1 fully saturated rings. The number of phenols is 1. The molecular formula is C20H28O5. The number of carboxylic acid groups (broad SMARTS) is 1. The van der Waals surface area contributed by atoms with E-state index < -0.39 is 5.97 Å². The zero-order chi connectivity index (χ0) is 18.2. The van der Waals surface area contributed by atoms with E-state index >= 15 is 0 Å². The van der Waals surface area contributed by atoms with Crippen LogP contribution in [-0.4, -0.2) is 29.1 Å². The lowest BCUT2D eigenvalue weighted by Gasteiger charge is -2.37. The van der Waals surface area contributed by atoms with E-state index in [4.69, 9.17) is 14.6 Å². The maximum atomic E-state index is 10.6. The summed E-state index contributed by atoms with van der Waals surface area (Å²) >= 11 is 0. The molecule has 1 aliphatic heterocycles. The molecule has 3 atom stereocenters. The quantitative estimate of drug-likeness (QED) is 0.686. The van der Waals surface area contributed by atoms with E-state index in [1.54, 1.807) is 12.1 Å². The second-order valence-electron chi connectivity index (χ2n) is 6.91. The second kappa shape index (κ2) is 9.59. The normalized spacial score (nSPS) is 24.0. The first kappa shape index (κ1) is 19.5. The van der Waals surface area contributed by atoms with Crippen LogP contribution >= 0.6 is 0 Å². The van der Waals surface area contributed by atoms with Crippen molar-refractivity contribution >= 4 is 5.97 Å². The van der Waals surface area contributed by atoms with Gasteiger partial charge in [0.2, 0.25) is 0 Å². The molecule has 5 heteroatoms. The van der Waals surface area contributed by atoms with Crippen LogP contribution in [0.15, 0.2) is 36.4 Å². The third-order valence-electron chi connectivity index (χ3n) is 4.26. The van der Waals surface area contributed by atoms with E-state index in [-0.39, 0.29) is 30.5 Å². The number of allylic oxidation sites excluding steroid dienone is 2. The Balaban J connectivity index is 2.05. The van der Waals surface area contributed by atoms with Gasteiger partial charge < -0.3 is 19.7 Å². The number of phenolic OH excluding ortho intramolecular Hbond substituents is 1. The molecule has 1 saturated heterocycles.